The molecule has 0 bridgehead atoms. The van der Waals surface area contributed by atoms with E-state index in [1.807, 2.05) is 31.3 Å². The van der Waals surface area contributed by atoms with Crippen molar-refractivity contribution in [2.75, 3.05) is 6.61 Å². The molecule has 0 saturated heterocycles. The first kappa shape index (κ1) is 13.2. The van der Waals surface area contributed by atoms with Gasteiger partial charge in [0, 0.05) is 23.2 Å². The van der Waals surface area contributed by atoms with Crippen LogP contribution in [0.1, 0.15) is 43.5 Å². The molecule has 1 fully saturated rings. The van der Waals surface area contributed by atoms with Crippen LogP contribution in [0.25, 0.3) is 10.9 Å². The van der Waals surface area contributed by atoms with Crippen molar-refractivity contribution in [1.82, 2.24) is 4.98 Å². The Morgan fingerprint density at radius 3 is 2.95 bits per heavy atom. The van der Waals surface area contributed by atoms with Gasteiger partial charge in [-0.2, -0.15) is 0 Å². The molecule has 2 aromatic rings. The van der Waals surface area contributed by atoms with E-state index in [1.165, 1.54) is 0 Å². The molecule has 0 aliphatic heterocycles. The van der Waals surface area contributed by atoms with Gasteiger partial charge in [0.05, 0.1) is 12.0 Å². The van der Waals surface area contributed by atoms with E-state index in [1.54, 1.807) is 0 Å². The highest BCUT2D eigenvalue weighted by Gasteiger charge is 2.32. The van der Waals surface area contributed by atoms with Gasteiger partial charge in [-0.1, -0.05) is 19.4 Å². The Hall–Kier alpha value is -1.77. The number of carbonyl (C=O) groups is 1. The molecule has 1 heterocycles. The summed E-state index contributed by atoms with van der Waals surface area (Å²) in [6.07, 6.45) is 5.19. The van der Waals surface area contributed by atoms with Crippen molar-refractivity contribution in [3.05, 3.63) is 30.0 Å². The van der Waals surface area contributed by atoms with E-state index in [4.69, 9.17) is 4.74 Å². The molecular weight excluding hydrogens is 250 g/mol. The number of nitrogens with one attached hydrogen (secondary N) is 1. The van der Waals surface area contributed by atoms with Gasteiger partial charge in [-0.05, 0) is 37.8 Å². The largest absolute Gasteiger partial charge is 0.493 e. The number of rotatable bonds is 4. The summed E-state index contributed by atoms with van der Waals surface area (Å²) in [6.45, 7) is 4.76. The fraction of sp³-hybridized carbons (Fsp3) is 0.471. The molecule has 2 atom stereocenters. The minimum atomic E-state index is 0.170. The zero-order chi connectivity index (χ0) is 14.1. The summed E-state index contributed by atoms with van der Waals surface area (Å²) in [7, 11) is 0. The molecule has 106 valence electrons. The minimum absolute atomic E-state index is 0.170. The third kappa shape index (κ3) is 2.11. The van der Waals surface area contributed by atoms with Crippen LogP contribution < -0.4 is 4.74 Å². The summed E-state index contributed by atoms with van der Waals surface area (Å²) in [4.78, 5) is 16.0. The Morgan fingerprint density at radius 1 is 1.40 bits per heavy atom. The molecule has 1 aromatic heterocycles. The van der Waals surface area contributed by atoms with Gasteiger partial charge >= 0.3 is 0 Å². The topological polar surface area (TPSA) is 42.1 Å². The van der Waals surface area contributed by atoms with Gasteiger partial charge in [-0.25, -0.2) is 0 Å². The van der Waals surface area contributed by atoms with Crippen LogP contribution in [0.4, 0.5) is 0 Å². The molecule has 1 N–H and O–H groups in total. The molecule has 1 aromatic carbocycles. The predicted molar refractivity (Wildman–Crippen MR) is 80.3 cm³/mol. The SMILES string of the molecule is CCOc1cccc2[nH]cc(C(=O)C3CCCC3C)c12. The van der Waals surface area contributed by atoms with Crippen molar-refractivity contribution < 1.29 is 9.53 Å². The van der Waals surface area contributed by atoms with Crippen LogP contribution in [0.3, 0.4) is 0 Å². The molecule has 2 unspecified atom stereocenters. The van der Waals surface area contributed by atoms with Crippen LogP contribution in [-0.4, -0.2) is 17.4 Å². The molecule has 3 rings (SSSR count). The van der Waals surface area contributed by atoms with Crippen LogP contribution in [-0.2, 0) is 0 Å². The first-order valence-corrected chi connectivity index (χ1v) is 7.49. The fourth-order valence-corrected chi connectivity index (χ4v) is 3.36. The van der Waals surface area contributed by atoms with Crippen molar-refractivity contribution in [2.45, 2.75) is 33.1 Å². The molecule has 0 radical (unpaired) electrons. The summed E-state index contributed by atoms with van der Waals surface area (Å²) in [5.74, 6) is 1.74. The number of H-pyrrole nitrogens is 1. The summed E-state index contributed by atoms with van der Waals surface area (Å²) in [6, 6.07) is 5.89. The van der Waals surface area contributed by atoms with Gasteiger partial charge in [0.25, 0.3) is 0 Å². The van der Waals surface area contributed by atoms with Crippen molar-refractivity contribution in [3.63, 3.8) is 0 Å². The summed E-state index contributed by atoms with van der Waals surface area (Å²) in [5.41, 5.74) is 1.77. The van der Waals surface area contributed by atoms with E-state index in [0.717, 1.165) is 41.5 Å². The second-order valence-corrected chi connectivity index (χ2v) is 5.69. The maximum atomic E-state index is 12.8. The number of aromatic amines is 1. The number of ether oxygens (including phenoxy) is 1. The van der Waals surface area contributed by atoms with Crippen molar-refractivity contribution >= 4 is 16.7 Å². The van der Waals surface area contributed by atoms with E-state index < -0.39 is 0 Å². The number of hydrogen-bond donors (Lipinski definition) is 1. The second kappa shape index (κ2) is 5.31. The Labute approximate surface area is 119 Å². The summed E-state index contributed by atoms with van der Waals surface area (Å²) >= 11 is 0. The van der Waals surface area contributed by atoms with Crippen LogP contribution in [0.5, 0.6) is 5.75 Å². The predicted octanol–water partition coefficient (Wildman–Crippen LogP) is 4.19. The molecule has 0 spiro atoms. The molecule has 0 amide bonds. The maximum Gasteiger partial charge on any atom is 0.168 e. The zero-order valence-corrected chi connectivity index (χ0v) is 12.1. The van der Waals surface area contributed by atoms with Crippen LogP contribution in [0.15, 0.2) is 24.4 Å². The number of Topliss-reactive ketones (excluding diaryl/α,β-unsaturated/α-hetero) is 1. The van der Waals surface area contributed by atoms with E-state index in [0.29, 0.717) is 12.5 Å². The number of ketones is 1. The minimum Gasteiger partial charge on any atom is -0.493 e. The monoisotopic (exact) mass is 271 g/mol. The Bertz CT molecular complexity index is 629. The zero-order valence-electron chi connectivity index (χ0n) is 12.1. The van der Waals surface area contributed by atoms with Gasteiger partial charge in [-0.3, -0.25) is 4.79 Å². The second-order valence-electron chi connectivity index (χ2n) is 5.69. The van der Waals surface area contributed by atoms with E-state index in [-0.39, 0.29) is 11.7 Å². The Kier molecular flexibility index (Phi) is 3.51. The smallest absolute Gasteiger partial charge is 0.168 e. The lowest BCUT2D eigenvalue weighted by Gasteiger charge is -2.14. The number of hydrogen-bond acceptors (Lipinski definition) is 2. The van der Waals surface area contributed by atoms with Crippen molar-refractivity contribution in [3.8, 4) is 5.75 Å². The number of aromatic nitrogens is 1. The van der Waals surface area contributed by atoms with E-state index >= 15 is 0 Å². The Morgan fingerprint density at radius 2 is 2.25 bits per heavy atom. The molecule has 20 heavy (non-hydrogen) atoms. The van der Waals surface area contributed by atoms with Gasteiger partial charge < -0.3 is 9.72 Å². The van der Waals surface area contributed by atoms with Crippen LogP contribution in [0.2, 0.25) is 0 Å². The highest BCUT2D eigenvalue weighted by molar-refractivity contribution is 6.11. The molecule has 3 nitrogen and oxygen atoms in total. The molecule has 1 saturated carbocycles. The van der Waals surface area contributed by atoms with Gasteiger partial charge in [0.2, 0.25) is 0 Å². The Balaban J connectivity index is 2.05. The average Bonchev–Trinajstić information content (AvgIpc) is 3.05. The number of carbonyl (C=O) groups excluding carboxylic acids is 1. The van der Waals surface area contributed by atoms with Crippen molar-refractivity contribution in [1.29, 1.82) is 0 Å². The lowest BCUT2D eigenvalue weighted by atomic mass is 9.89. The maximum absolute atomic E-state index is 12.8. The standard InChI is InChI=1S/C17H21NO2/c1-3-20-15-9-5-8-14-16(15)13(10-18-14)17(19)12-7-4-6-11(12)2/h5,8-12,18H,3-4,6-7H2,1-2H3. The summed E-state index contributed by atoms with van der Waals surface area (Å²) in [5, 5.41) is 0.943. The van der Waals surface area contributed by atoms with E-state index in [9.17, 15) is 4.79 Å². The summed E-state index contributed by atoms with van der Waals surface area (Å²) < 4.78 is 5.69. The molecule has 1 aliphatic carbocycles. The normalized spacial score (nSPS) is 22.3. The quantitative estimate of drug-likeness (QED) is 0.847. The van der Waals surface area contributed by atoms with Crippen LogP contribution >= 0.6 is 0 Å². The highest BCUT2D eigenvalue weighted by atomic mass is 16.5. The fourth-order valence-electron chi connectivity index (χ4n) is 3.36. The first-order chi connectivity index (χ1) is 9.72. The van der Waals surface area contributed by atoms with Gasteiger partial charge in [-0.15, -0.1) is 0 Å². The third-order valence-electron chi connectivity index (χ3n) is 4.43. The van der Waals surface area contributed by atoms with Crippen molar-refractivity contribution in [2.24, 2.45) is 11.8 Å². The first-order valence-electron chi connectivity index (χ1n) is 7.49. The number of benzene rings is 1. The lowest BCUT2D eigenvalue weighted by Crippen LogP contribution is -2.17. The third-order valence-corrected chi connectivity index (χ3v) is 4.43. The molecule has 3 heteroatoms. The van der Waals surface area contributed by atoms with Gasteiger partial charge in [0.1, 0.15) is 5.75 Å². The van der Waals surface area contributed by atoms with Crippen LogP contribution in [0, 0.1) is 11.8 Å². The lowest BCUT2D eigenvalue weighted by molar-refractivity contribution is 0.0898. The highest BCUT2D eigenvalue weighted by Crippen LogP contribution is 2.37. The van der Waals surface area contributed by atoms with Gasteiger partial charge in [0.15, 0.2) is 5.78 Å². The molecular formula is C17H21NO2. The molecule has 1 aliphatic rings. The number of fused-ring (bicyclic) bond motifs is 1. The van der Waals surface area contributed by atoms with E-state index in [2.05, 4.69) is 11.9 Å². The average molecular weight is 271 g/mol.